The van der Waals surface area contributed by atoms with Gasteiger partial charge in [0, 0.05) is 23.7 Å². The number of thioether (sulfide) groups is 1. The molecule has 4 heteroatoms. The van der Waals surface area contributed by atoms with Gasteiger partial charge in [-0.3, -0.25) is 0 Å². The molecule has 1 fully saturated rings. The van der Waals surface area contributed by atoms with Crippen LogP contribution in [0.2, 0.25) is 0 Å². The summed E-state index contributed by atoms with van der Waals surface area (Å²) in [6.45, 7) is 2.00. The molecule has 1 aliphatic rings. The molecule has 0 aliphatic heterocycles. The highest BCUT2D eigenvalue weighted by Gasteiger charge is 2.24. The van der Waals surface area contributed by atoms with Crippen LogP contribution in [0.3, 0.4) is 0 Å². The molecule has 1 aliphatic carbocycles. The van der Waals surface area contributed by atoms with E-state index in [0.29, 0.717) is 6.04 Å². The Morgan fingerprint density at radius 1 is 1.33 bits per heavy atom. The molecule has 2 unspecified atom stereocenters. The number of aromatic nitrogens is 2. The van der Waals surface area contributed by atoms with Crippen molar-refractivity contribution in [1.82, 2.24) is 9.97 Å². The standard InChI is InChI=1S/C11H17N3S/c1-8-6-12-11(13-7-8)14-9-3-4-10(5-9)15-2/h6-7,9-10H,3-5H2,1-2H3,(H,12,13,14). The second kappa shape index (κ2) is 4.84. The molecule has 2 rings (SSSR count). The average Bonchev–Trinajstić information content (AvgIpc) is 2.69. The summed E-state index contributed by atoms with van der Waals surface area (Å²) in [5.74, 6) is 0.771. The third-order valence-corrected chi connectivity index (χ3v) is 3.93. The number of aryl methyl sites for hydroxylation is 1. The molecule has 0 saturated heterocycles. The van der Waals surface area contributed by atoms with Crippen molar-refractivity contribution in [2.24, 2.45) is 0 Å². The summed E-state index contributed by atoms with van der Waals surface area (Å²) in [4.78, 5) is 8.53. The predicted octanol–water partition coefficient (Wildman–Crippen LogP) is 2.48. The maximum atomic E-state index is 4.26. The largest absolute Gasteiger partial charge is 0.351 e. The molecule has 0 bridgehead atoms. The molecule has 15 heavy (non-hydrogen) atoms. The molecule has 2 atom stereocenters. The van der Waals surface area contributed by atoms with Crippen molar-refractivity contribution in [2.75, 3.05) is 11.6 Å². The van der Waals surface area contributed by atoms with Crippen LogP contribution in [0.15, 0.2) is 12.4 Å². The predicted molar refractivity (Wildman–Crippen MR) is 65.3 cm³/mol. The molecule has 1 saturated carbocycles. The Labute approximate surface area is 95.1 Å². The Morgan fingerprint density at radius 3 is 2.67 bits per heavy atom. The number of hydrogen-bond donors (Lipinski definition) is 1. The molecule has 0 aromatic carbocycles. The van der Waals surface area contributed by atoms with E-state index in [1.54, 1.807) is 0 Å². The van der Waals surface area contributed by atoms with Gasteiger partial charge < -0.3 is 5.32 Å². The van der Waals surface area contributed by atoms with Gasteiger partial charge in [-0.25, -0.2) is 9.97 Å². The maximum Gasteiger partial charge on any atom is 0.222 e. The molecular weight excluding hydrogens is 206 g/mol. The summed E-state index contributed by atoms with van der Waals surface area (Å²) >= 11 is 1.97. The van der Waals surface area contributed by atoms with Gasteiger partial charge in [0.2, 0.25) is 5.95 Å². The Hall–Kier alpha value is -0.770. The van der Waals surface area contributed by atoms with Crippen molar-refractivity contribution < 1.29 is 0 Å². The summed E-state index contributed by atoms with van der Waals surface area (Å²) in [5, 5.41) is 4.21. The van der Waals surface area contributed by atoms with Crippen LogP contribution in [-0.4, -0.2) is 27.5 Å². The molecule has 1 aromatic rings. The lowest BCUT2D eigenvalue weighted by atomic mass is 10.2. The van der Waals surface area contributed by atoms with E-state index in [0.717, 1.165) is 16.8 Å². The van der Waals surface area contributed by atoms with Crippen molar-refractivity contribution in [3.8, 4) is 0 Å². The lowest BCUT2D eigenvalue weighted by Gasteiger charge is -2.12. The maximum absolute atomic E-state index is 4.26. The van der Waals surface area contributed by atoms with Gasteiger partial charge in [0.15, 0.2) is 0 Å². The molecular formula is C11H17N3S. The number of anilines is 1. The van der Waals surface area contributed by atoms with Crippen molar-refractivity contribution in [3.05, 3.63) is 18.0 Å². The summed E-state index contributed by atoms with van der Waals surface area (Å²) in [5.41, 5.74) is 1.11. The van der Waals surface area contributed by atoms with Crippen LogP contribution in [-0.2, 0) is 0 Å². The highest BCUT2D eigenvalue weighted by Crippen LogP contribution is 2.29. The first-order chi connectivity index (χ1) is 7.28. The topological polar surface area (TPSA) is 37.8 Å². The Kier molecular flexibility index (Phi) is 3.46. The van der Waals surface area contributed by atoms with Crippen molar-refractivity contribution >= 4 is 17.7 Å². The third-order valence-electron chi connectivity index (χ3n) is 2.83. The molecule has 0 amide bonds. The first kappa shape index (κ1) is 10.7. The molecule has 82 valence electrons. The molecule has 1 heterocycles. The third kappa shape index (κ3) is 2.84. The monoisotopic (exact) mass is 223 g/mol. The smallest absolute Gasteiger partial charge is 0.222 e. The van der Waals surface area contributed by atoms with Crippen LogP contribution in [0.25, 0.3) is 0 Å². The summed E-state index contributed by atoms with van der Waals surface area (Å²) in [7, 11) is 0. The van der Waals surface area contributed by atoms with Gasteiger partial charge in [-0.15, -0.1) is 0 Å². The second-order valence-corrected chi connectivity index (χ2v) is 5.23. The molecule has 0 spiro atoms. The average molecular weight is 223 g/mol. The van der Waals surface area contributed by atoms with E-state index in [9.17, 15) is 0 Å². The van der Waals surface area contributed by atoms with Gasteiger partial charge in [0.1, 0.15) is 0 Å². The second-order valence-electron chi connectivity index (χ2n) is 4.10. The van der Waals surface area contributed by atoms with Gasteiger partial charge in [0.05, 0.1) is 0 Å². The zero-order valence-corrected chi connectivity index (χ0v) is 10.0. The minimum atomic E-state index is 0.560. The van der Waals surface area contributed by atoms with E-state index in [2.05, 4.69) is 21.5 Å². The molecule has 1 N–H and O–H groups in total. The summed E-state index contributed by atoms with van der Waals surface area (Å²) in [6.07, 6.45) is 9.69. The Bertz CT molecular complexity index is 312. The van der Waals surface area contributed by atoms with Crippen LogP contribution >= 0.6 is 11.8 Å². The lowest BCUT2D eigenvalue weighted by molar-refractivity contribution is 0.745. The van der Waals surface area contributed by atoms with Crippen LogP contribution in [0.4, 0.5) is 5.95 Å². The fourth-order valence-electron chi connectivity index (χ4n) is 1.93. The van der Waals surface area contributed by atoms with E-state index in [1.165, 1.54) is 19.3 Å². The van der Waals surface area contributed by atoms with Crippen molar-refractivity contribution in [2.45, 2.75) is 37.5 Å². The van der Waals surface area contributed by atoms with Crippen LogP contribution < -0.4 is 5.32 Å². The van der Waals surface area contributed by atoms with E-state index in [4.69, 9.17) is 0 Å². The molecule has 0 radical (unpaired) electrons. The molecule has 1 aromatic heterocycles. The Balaban J connectivity index is 1.90. The van der Waals surface area contributed by atoms with Crippen molar-refractivity contribution in [3.63, 3.8) is 0 Å². The fraction of sp³-hybridized carbons (Fsp3) is 0.636. The zero-order valence-electron chi connectivity index (χ0n) is 9.23. The summed E-state index contributed by atoms with van der Waals surface area (Å²) in [6, 6.07) is 0.560. The van der Waals surface area contributed by atoms with E-state index in [-0.39, 0.29) is 0 Å². The number of nitrogens with one attached hydrogen (secondary N) is 1. The van der Waals surface area contributed by atoms with Crippen LogP contribution in [0.1, 0.15) is 24.8 Å². The summed E-state index contributed by atoms with van der Waals surface area (Å²) < 4.78 is 0. The van der Waals surface area contributed by atoms with Crippen LogP contribution in [0.5, 0.6) is 0 Å². The zero-order chi connectivity index (χ0) is 10.7. The number of hydrogen-bond acceptors (Lipinski definition) is 4. The first-order valence-corrected chi connectivity index (χ1v) is 6.64. The highest BCUT2D eigenvalue weighted by atomic mass is 32.2. The number of rotatable bonds is 3. The lowest BCUT2D eigenvalue weighted by Crippen LogP contribution is -2.17. The van der Waals surface area contributed by atoms with E-state index < -0.39 is 0 Å². The van der Waals surface area contributed by atoms with Crippen LogP contribution in [0, 0.1) is 6.92 Å². The van der Waals surface area contributed by atoms with Gasteiger partial charge >= 0.3 is 0 Å². The van der Waals surface area contributed by atoms with Gasteiger partial charge in [-0.05, 0) is 38.0 Å². The number of nitrogens with zero attached hydrogens (tertiary/aromatic N) is 2. The highest BCUT2D eigenvalue weighted by molar-refractivity contribution is 7.99. The Morgan fingerprint density at radius 2 is 2.07 bits per heavy atom. The SMILES string of the molecule is CSC1CCC(Nc2ncc(C)cn2)C1. The van der Waals surface area contributed by atoms with Gasteiger partial charge in [0.25, 0.3) is 0 Å². The molecule has 3 nitrogen and oxygen atoms in total. The quantitative estimate of drug-likeness (QED) is 0.854. The van der Waals surface area contributed by atoms with Crippen molar-refractivity contribution in [1.29, 1.82) is 0 Å². The fourth-order valence-corrected chi connectivity index (χ4v) is 2.73. The van der Waals surface area contributed by atoms with E-state index in [1.807, 2.05) is 31.1 Å². The van der Waals surface area contributed by atoms with E-state index >= 15 is 0 Å². The first-order valence-electron chi connectivity index (χ1n) is 5.36. The normalized spacial score (nSPS) is 25.5. The minimum Gasteiger partial charge on any atom is -0.351 e. The van der Waals surface area contributed by atoms with Gasteiger partial charge in [-0.2, -0.15) is 11.8 Å². The minimum absolute atomic E-state index is 0.560. The van der Waals surface area contributed by atoms with Gasteiger partial charge in [-0.1, -0.05) is 0 Å².